The molecule has 0 aliphatic carbocycles. The standard InChI is InChI=1S/C14H11ClN4O/c1-9-13(19-7-3-2-4-12(19)17-9)14(20)18-11-8-10(15)5-6-16-11/h2-8H,1H3,(H,16,18,20). The number of imidazole rings is 1. The molecular weight excluding hydrogens is 276 g/mol. The molecule has 0 saturated carbocycles. The average Bonchev–Trinajstić information content (AvgIpc) is 2.74. The number of pyridine rings is 2. The maximum Gasteiger partial charge on any atom is 0.275 e. The van der Waals surface area contributed by atoms with Gasteiger partial charge in [0.25, 0.3) is 5.91 Å². The lowest BCUT2D eigenvalue weighted by atomic mass is 10.3. The Labute approximate surface area is 120 Å². The Morgan fingerprint density at radius 1 is 1.35 bits per heavy atom. The Morgan fingerprint density at radius 3 is 3.00 bits per heavy atom. The SMILES string of the molecule is Cc1nc2ccccn2c1C(=O)Nc1cc(Cl)ccn1. The Hall–Kier alpha value is -2.40. The van der Waals surface area contributed by atoms with Gasteiger partial charge in [0.05, 0.1) is 5.69 Å². The van der Waals surface area contributed by atoms with Crippen molar-refractivity contribution in [2.75, 3.05) is 5.32 Å². The van der Waals surface area contributed by atoms with Crippen molar-refractivity contribution in [1.82, 2.24) is 14.4 Å². The van der Waals surface area contributed by atoms with Crippen LogP contribution in [0, 0.1) is 6.92 Å². The number of halogens is 1. The van der Waals surface area contributed by atoms with E-state index in [1.807, 2.05) is 18.2 Å². The zero-order valence-electron chi connectivity index (χ0n) is 10.7. The van der Waals surface area contributed by atoms with Gasteiger partial charge in [0.2, 0.25) is 0 Å². The molecule has 5 nitrogen and oxygen atoms in total. The number of anilines is 1. The summed E-state index contributed by atoms with van der Waals surface area (Å²) in [5.74, 6) is 0.142. The molecule has 20 heavy (non-hydrogen) atoms. The van der Waals surface area contributed by atoms with Gasteiger partial charge in [-0.15, -0.1) is 0 Å². The normalized spacial score (nSPS) is 10.7. The Morgan fingerprint density at radius 2 is 2.20 bits per heavy atom. The van der Waals surface area contributed by atoms with Crippen molar-refractivity contribution in [3.63, 3.8) is 0 Å². The zero-order valence-corrected chi connectivity index (χ0v) is 11.4. The molecule has 0 aliphatic rings. The lowest BCUT2D eigenvalue weighted by Crippen LogP contribution is -2.16. The lowest BCUT2D eigenvalue weighted by molar-refractivity contribution is 0.102. The summed E-state index contributed by atoms with van der Waals surface area (Å²) in [5.41, 5.74) is 1.88. The fourth-order valence-electron chi connectivity index (χ4n) is 2.04. The number of fused-ring (bicyclic) bond motifs is 1. The first-order chi connectivity index (χ1) is 9.65. The first-order valence-corrected chi connectivity index (χ1v) is 6.39. The molecule has 0 unspecified atom stereocenters. The molecule has 1 N–H and O–H groups in total. The van der Waals surface area contributed by atoms with E-state index in [2.05, 4.69) is 15.3 Å². The van der Waals surface area contributed by atoms with Crippen LogP contribution in [0.25, 0.3) is 5.65 Å². The molecule has 0 radical (unpaired) electrons. The van der Waals surface area contributed by atoms with Gasteiger partial charge in [-0.3, -0.25) is 9.20 Å². The quantitative estimate of drug-likeness (QED) is 0.788. The summed E-state index contributed by atoms with van der Waals surface area (Å²) in [6, 6.07) is 8.82. The minimum atomic E-state index is -0.268. The monoisotopic (exact) mass is 286 g/mol. The predicted molar refractivity (Wildman–Crippen MR) is 77.1 cm³/mol. The molecule has 0 aromatic carbocycles. The molecule has 0 saturated heterocycles. The van der Waals surface area contributed by atoms with Gasteiger partial charge in [-0.2, -0.15) is 0 Å². The molecule has 3 rings (SSSR count). The third kappa shape index (κ3) is 2.23. The molecule has 0 atom stereocenters. The highest BCUT2D eigenvalue weighted by atomic mass is 35.5. The van der Waals surface area contributed by atoms with Crippen LogP contribution in [0.1, 0.15) is 16.2 Å². The molecular formula is C14H11ClN4O. The van der Waals surface area contributed by atoms with Gasteiger partial charge in [-0.1, -0.05) is 17.7 Å². The van der Waals surface area contributed by atoms with Crippen molar-refractivity contribution >= 4 is 29.0 Å². The van der Waals surface area contributed by atoms with Crippen molar-refractivity contribution in [3.05, 3.63) is 59.1 Å². The molecule has 6 heteroatoms. The minimum Gasteiger partial charge on any atom is -0.305 e. The van der Waals surface area contributed by atoms with Gasteiger partial charge < -0.3 is 5.32 Å². The summed E-state index contributed by atoms with van der Waals surface area (Å²) in [5, 5.41) is 3.24. The molecule has 0 aliphatic heterocycles. The van der Waals surface area contributed by atoms with Crippen molar-refractivity contribution in [2.45, 2.75) is 6.92 Å². The fourth-order valence-corrected chi connectivity index (χ4v) is 2.20. The molecule has 0 bridgehead atoms. The second kappa shape index (κ2) is 4.94. The second-order valence-corrected chi connectivity index (χ2v) is 4.72. The number of amides is 1. The fraction of sp³-hybridized carbons (Fsp3) is 0.0714. The number of carbonyl (C=O) groups is 1. The molecule has 0 fully saturated rings. The number of aryl methyl sites for hydroxylation is 1. The number of nitrogens with one attached hydrogen (secondary N) is 1. The molecule has 3 heterocycles. The van der Waals surface area contributed by atoms with Crippen LogP contribution >= 0.6 is 11.6 Å². The molecule has 0 spiro atoms. The molecule has 1 amide bonds. The van der Waals surface area contributed by atoms with Crippen LogP contribution in [0.15, 0.2) is 42.7 Å². The van der Waals surface area contributed by atoms with Crippen LogP contribution in [-0.4, -0.2) is 20.3 Å². The summed E-state index contributed by atoms with van der Waals surface area (Å²) < 4.78 is 1.75. The highest BCUT2D eigenvalue weighted by molar-refractivity contribution is 6.30. The Balaban J connectivity index is 1.99. The van der Waals surface area contributed by atoms with Crippen molar-refractivity contribution in [1.29, 1.82) is 0 Å². The minimum absolute atomic E-state index is 0.268. The summed E-state index contributed by atoms with van der Waals surface area (Å²) in [7, 11) is 0. The van der Waals surface area contributed by atoms with E-state index in [9.17, 15) is 4.79 Å². The average molecular weight is 287 g/mol. The van der Waals surface area contributed by atoms with Crippen molar-refractivity contribution in [3.8, 4) is 0 Å². The lowest BCUT2D eigenvalue weighted by Gasteiger charge is -2.05. The van der Waals surface area contributed by atoms with Gasteiger partial charge in [0, 0.05) is 17.4 Å². The van der Waals surface area contributed by atoms with E-state index in [4.69, 9.17) is 11.6 Å². The summed E-state index contributed by atoms with van der Waals surface area (Å²) in [6.07, 6.45) is 3.34. The highest BCUT2D eigenvalue weighted by Gasteiger charge is 2.16. The van der Waals surface area contributed by atoms with Gasteiger partial charge in [0.15, 0.2) is 0 Å². The summed E-state index contributed by atoms with van der Waals surface area (Å²) in [6.45, 7) is 1.80. The van der Waals surface area contributed by atoms with Crippen LogP contribution in [0.5, 0.6) is 0 Å². The zero-order chi connectivity index (χ0) is 14.1. The van der Waals surface area contributed by atoms with E-state index in [1.165, 1.54) is 0 Å². The second-order valence-electron chi connectivity index (χ2n) is 4.29. The summed E-state index contributed by atoms with van der Waals surface area (Å²) >= 11 is 5.87. The number of nitrogens with zero attached hydrogens (tertiary/aromatic N) is 3. The first-order valence-electron chi connectivity index (χ1n) is 6.02. The maximum absolute atomic E-state index is 12.4. The van der Waals surface area contributed by atoms with E-state index in [0.29, 0.717) is 22.2 Å². The van der Waals surface area contributed by atoms with Gasteiger partial charge in [-0.25, -0.2) is 9.97 Å². The van der Waals surface area contributed by atoms with Crippen LogP contribution in [0.3, 0.4) is 0 Å². The van der Waals surface area contributed by atoms with E-state index < -0.39 is 0 Å². The first kappa shape index (κ1) is 12.6. The number of rotatable bonds is 2. The summed E-state index contributed by atoms with van der Waals surface area (Å²) in [4.78, 5) is 20.8. The third-order valence-corrected chi connectivity index (χ3v) is 3.12. The predicted octanol–water partition coefficient (Wildman–Crippen LogP) is 2.94. The van der Waals surface area contributed by atoms with E-state index in [-0.39, 0.29) is 5.91 Å². The van der Waals surface area contributed by atoms with E-state index in [0.717, 1.165) is 5.65 Å². The van der Waals surface area contributed by atoms with Crippen LogP contribution in [-0.2, 0) is 0 Å². The number of aromatic nitrogens is 3. The topological polar surface area (TPSA) is 59.3 Å². The van der Waals surface area contributed by atoms with Crippen molar-refractivity contribution in [2.24, 2.45) is 0 Å². The largest absolute Gasteiger partial charge is 0.305 e. The van der Waals surface area contributed by atoms with Gasteiger partial charge in [-0.05, 0) is 31.2 Å². The molecule has 100 valence electrons. The Bertz CT molecular complexity index is 797. The number of carbonyl (C=O) groups excluding carboxylic acids is 1. The third-order valence-electron chi connectivity index (χ3n) is 2.88. The van der Waals surface area contributed by atoms with E-state index >= 15 is 0 Å². The maximum atomic E-state index is 12.4. The number of hydrogen-bond acceptors (Lipinski definition) is 3. The number of hydrogen-bond donors (Lipinski definition) is 1. The van der Waals surface area contributed by atoms with Gasteiger partial charge in [0.1, 0.15) is 17.2 Å². The Kier molecular flexibility index (Phi) is 3.12. The molecule has 3 aromatic rings. The smallest absolute Gasteiger partial charge is 0.275 e. The van der Waals surface area contributed by atoms with Crippen LogP contribution in [0.4, 0.5) is 5.82 Å². The van der Waals surface area contributed by atoms with Crippen molar-refractivity contribution < 1.29 is 4.79 Å². The molecule has 3 aromatic heterocycles. The van der Waals surface area contributed by atoms with Crippen LogP contribution < -0.4 is 5.32 Å². The van der Waals surface area contributed by atoms with Gasteiger partial charge >= 0.3 is 0 Å². The van der Waals surface area contributed by atoms with E-state index in [1.54, 1.807) is 35.9 Å². The van der Waals surface area contributed by atoms with Crippen LogP contribution in [0.2, 0.25) is 5.02 Å². The highest BCUT2D eigenvalue weighted by Crippen LogP contribution is 2.16.